The molecule has 3 heterocycles. The number of fused-ring (bicyclic) bond motifs is 1. The van der Waals surface area contributed by atoms with Crippen molar-refractivity contribution in [3.05, 3.63) is 39.6 Å². The van der Waals surface area contributed by atoms with Crippen LogP contribution in [0, 0.1) is 12.3 Å². The molecule has 0 spiro atoms. The van der Waals surface area contributed by atoms with Crippen molar-refractivity contribution in [2.45, 2.75) is 13.0 Å². The van der Waals surface area contributed by atoms with E-state index in [1.165, 1.54) is 22.2 Å². The lowest BCUT2D eigenvalue weighted by Gasteiger charge is -2.07. The summed E-state index contributed by atoms with van der Waals surface area (Å²) in [7, 11) is 0. The van der Waals surface area contributed by atoms with E-state index in [-0.39, 0.29) is 43.4 Å². The molecule has 9 heteroatoms. The van der Waals surface area contributed by atoms with Gasteiger partial charge in [0.1, 0.15) is 11.4 Å². The fourth-order valence-corrected chi connectivity index (χ4v) is 4.18. The number of terminal acetylenes is 1. The number of aromatic nitrogens is 2. The largest absolute Gasteiger partial charge is 0.354 e. The Morgan fingerprint density at radius 3 is 2.85 bits per heavy atom. The second-order valence-corrected chi connectivity index (χ2v) is 7.37. The Balaban J connectivity index is 1.69. The van der Waals surface area contributed by atoms with E-state index in [0.29, 0.717) is 10.2 Å². The maximum absolute atomic E-state index is 12.8. The number of carbonyl (C=O) groups is 2. The third-order valence-electron chi connectivity index (χ3n) is 3.72. The van der Waals surface area contributed by atoms with Gasteiger partial charge in [-0.1, -0.05) is 12.0 Å². The van der Waals surface area contributed by atoms with E-state index in [4.69, 9.17) is 6.42 Å². The van der Waals surface area contributed by atoms with Crippen LogP contribution in [0.25, 0.3) is 20.7 Å². The average Bonchev–Trinajstić information content (AvgIpc) is 3.31. The molecule has 7 nitrogen and oxygen atoms in total. The van der Waals surface area contributed by atoms with Gasteiger partial charge in [-0.05, 0) is 11.4 Å². The number of hydrogen-bond donors (Lipinski definition) is 2. The zero-order chi connectivity index (χ0) is 19.2. The molecular weight excluding hydrogens is 384 g/mol. The molecule has 0 bridgehead atoms. The normalized spacial score (nSPS) is 10.5. The summed E-state index contributed by atoms with van der Waals surface area (Å²) >= 11 is 2.95. The zero-order valence-electron chi connectivity index (χ0n) is 14.2. The molecule has 0 atom stereocenters. The maximum atomic E-state index is 12.8. The molecule has 3 rings (SSSR count). The fourth-order valence-electron chi connectivity index (χ4n) is 2.46. The summed E-state index contributed by atoms with van der Waals surface area (Å²) in [6, 6.07) is 3.87. The highest BCUT2D eigenvalue weighted by molar-refractivity contribution is 7.18. The minimum Gasteiger partial charge on any atom is -0.354 e. The Kier molecular flexibility index (Phi) is 6.01. The lowest BCUT2D eigenvalue weighted by atomic mass is 10.2. The molecule has 0 unspecified atom stereocenters. The first-order valence-corrected chi connectivity index (χ1v) is 9.83. The highest BCUT2D eigenvalue weighted by Crippen LogP contribution is 2.33. The number of hydrogen-bond acceptors (Lipinski definition) is 6. The third kappa shape index (κ3) is 4.42. The molecule has 0 fully saturated rings. The van der Waals surface area contributed by atoms with Crippen LogP contribution < -0.4 is 16.2 Å². The van der Waals surface area contributed by atoms with Gasteiger partial charge in [0.15, 0.2) is 0 Å². The van der Waals surface area contributed by atoms with Gasteiger partial charge < -0.3 is 10.6 Å². The van der Waals surface area contributed by atoms with Gasteiger partial charge in [0.2, 0.25) is 11.8 Å². The number of nitrogens with zero attached hydrogens (tertiary/aromatic N) is 2. The minimum absolute atomic E-state index is 0.118. The molecule has 0 aliphatic carbocycles. The van der Waals surface area contributed by atoms with Crippen LogP contribution in [0.15, 0.2) is 34.0 Å². The highest BCUT2D eigenvalue weighted by Gasteiger charge is 2.15. The molecular formula is C18H16N4O3S2. The molecule has 0 saturated carbocycles. The Morgan fingerprint density at radius 1 is 1.26 bits per heavy atom. The smallest absolute Gasteiger partial charge is 0.263 e. The summed E-state index contributed by atoms with van der Waals surface area (Å²) in [6.45, 7) is 0.160. The van der Waals surface area contributed by atoms with E-state index in [1.54, 1.807) is 11.3 Å². The summed E-state index contributed by atoms with van der Waals surface area (Å²) in [4.78, 5) is 42.3. The summed E-state index contributed by atoms with van der Waals surface area (Å²) in [5.74, 6) is 1.69. The van der Waals surface area contributed by atoms with Gasteiger partial charge in [0, 0.05) is 28.8 Å². The highest BCUT2D eigenvalue weighted by atomic mass is 32.1. The van der Waals surface area contributed by atoms with Crippen LogP contribution in [0.5, 0.6) is 0 Å². The number of amides is 2. The van der Waals surface area contributed by atoms with E-state index in [0.717, 1.165) is 10.4 Å². The van der Waals surface area contributed by atoms with Crippen molar-refractivity contribution in [1.29, 1.82) is 0 Å². The SMILES string of the molecule is C#CCNC(=O)CCNC(=O)Cn1cnc2scc(-c3cccs3)c2c1=O. The predicted octanol–water partition coefficient (Wildman–Crippen LogP) is 1.44. The molecule has 138 valence electrons. The Bertz CT molecular complexity index is 1060. The summed E-state index contributed by atoms with van der Waals surface area (Å²) in [5.41, 5.74) is 0.578. The second kappa shape index (κ2) is 8.62. The van der Waals surface area contributed by atoms with Gasteiger partial charge in [-0.25, -0.2) is 4.98 Å². The van der Waals surface area contributed by atoms with Gasteiger partial charge in [-0.15, -0.1) is 29.1 Å². The molecule has 2 N–H and O–H groups in total. The number of rotatable bonds is 7. The molecule has 0 radical (unpaired) electrons. The van der Waals surface area contributed by atoms with Crippen LogP contribution in [0.3, 0.4) is 0 Å². The van der Waals surface area contributed by atoms with E-state index < -0.39 is 0 Å². The molecule has 3 aromatic heterocycles. The van der Waals surface area contributed by atoms with Gasteiger partial charge in [0.25, 0.3) is 5.56 Å². The predicted molar refractivity (Wildman–Crippen MR) is 107 cm³/mol. The first-order chi connectivity index (χ1) is 13.1. The van der Waals surface area contributed by atoms with Crippen LogP contribution in [0.2, 0.25) is 0 Å². The molecule has 0 aliphatic rings. The first kappa shape index (κ1) is 18.8. The number of nitrogens with one attached hydrogen (secondary N) is 2. The summed E-state index contributed by atoms with van der Waals surface area (Å²) < 4.78 is 1.28. The number of thiophene rings is 2. The van der Waals surface area contributed by atoms with E-state index >= 15 is 0 Å². The van der Waals surface area contributed by atoms with Crippen molar-refractivity contribution in [2.24, 2.45) is 0 Å². The maximum Gasteiger partial charge on any atom is 0.263 e. The molecule has 27 heavy (non-hydrogen) atoms. The molecule has 0 aromatic carbocycles. The van der Waals surface area contributed by atoms with Crippen LogP contribution in [-0.2, 0) is 16.1 Å². The zero-order valence-corrected chi connectivity index (χ0v) is 15.9. The van der Waals surface area contributed by atoms with Crippen molar-refractivity contribution < 1.29 is 9.59 Å². The van der Waals surface area contributed by atoms with Crippen LogP contribution in [-0.4, -0.2) is 34.5 Å². The first-order valence-electron chi connectivity index (χ1n) is 8.07. The van der Waals surface area contributed by atoms with Gasteiger partial charge in [-0.3, -0.25) is 19.0 Å². The van der Waals surface area contributed by atoms with Crippen molar-refractivity contribution in [3.63, 3.8) is 0 Å². The quantitative estimate of drug-likeness (QED) is 0.587. The Hall–Kier alpha value is -2.96. The average molecular weight is 400 g/mol. The Morgan fingerprint density at radius 2 is 2.11 bits per heavy atom. The van der Waals surface area contributed by atoms with Gasteiger partial charge in [-0.2, -0.15) is 0 Å². The van der Waals surface area contributed by atoms with Crippen molar-refractivity contribution in [3.8, 4) is 22.8 Å². The van der Waals surface area contributed by atoms with E-state index in [2.05, 4.69) is 21.5 Å². The van der Waals surface area contributed by atoms with Crippen molar-refractivity contribution >= 4 is 44.7 Å². The fraction of sp³-hybridized carbons (Fsp3) is 0.222. The lowest BCUT2D eigenvalue weighted by Crippen LogP contribution is -2.35. The topological polar surface area (TPSA) is 93.1 Å². The van der Waals surface area contributed by atoms with Gasteiger partial charge in [0.05, 0.1) is 18.3 Å². The van der Waals surface area contributed by atoms with Crippen molar-refractivity contribution in [1.82, 2.24) is 20.2 Å². The summed E-state index contributed by atoms with van der Waals surface area (Å²) in [6.07, 6.45) is 6.55. The monoisotopic (exact) mass is 400 g/mol. The Labute approximate surface area is 163 Å². The third-order valence-corrected chi connectivity index (χ3v) is 5.51. The standard InChI is InChI=1S/C18H16N4O3S2/c1-2-6-19-14(23)5-7-20-15(24)9-22-11-21-17-16(18(22)25)12(10-27-17)13-4-3-8-26-13/h1,3-4,8,10-11H,5-7,9H2,(H,19,23)(H,20,24). The molecule has 0 aliphatic heterocycles. The van der Waals surface area contributed by atoms with Crippen LogP contribution in [0.4, 0.5) is 0 Å². The van der Waals surface area contributed by atoms with E-state index in [1.807, 2.05) is 22.9 Å². The second-order valence-electron chi connectivity index (χ2n) is 5.57. The lowest BCUT2D eigenvalue weighted by molar-refractivity contribution is -0.122. The minimum atomic E-state index is -0.365. The van der Waals surface area contributed by atoms with Crippen LogP contribution >= 0.6 is 22.7 Å². The molecule has 3 aromatic rings. The molecule has 0 saturated heterocycles. The number of carbonyl (C=O) groups excluding carboxylic acids is 2. The van der Waals surface area contributed by atoms with Gasteiger partial charge >= 0.3 is 0 Å². The van der Waals surface area contributed by atoms with E-state index in [9.17, 15) is 14.4 Å². The molecule has 2 amide bonds. The van der Waals surface area contributed by atoms with Crippen LogP contribution in [0.1, 0.15) is 6.42 Å². The van der Waals surface area contributed by atoms with Crippen molar-refractivity contribution in [2.75, 3.05) is 13.1 Å². The summed E-state index contributed by atoms with van der Waals surface area (Å²) in [5, 5.41) is 9.50.